The van der Waals surface area contributed by atoms with E-state index in [9.17, 15) is 4.79 Å². The number of nitrogens with one attached hydrogen (secondary N) is 1. The molecule has 0 fully saturated rings. The summed E-state index contributed by atoms with van der Waals surface area (Å²) in [7, 11) is 0. The monoisotopic (exact) mass is 341 g/mol. The van der Waals surface area contributed by atoms with Crippen molar-refractivity contribution in [3.8, 4) is 0 Å². The van der Waals surface area contributed by atoms with E-state index in [1.807, 2.05) is 17.6 Å². The minimum absolute atomic E-state index is 0.0355. The van der Waals surface area contributed by atoms with E-state index in [-0.39, 0.29) is 5.56 Å². The van der Waals surface area contributed by atoms with Crippen molar-refractivity contribution in [2.45, 2.75) is 51.1 Å². The third-order valence-corrected chi connectivity index (χ3v) is 5.07. The van der Waals surface area contributed by atoms with Gasteiger partial charge in [-0.05, 0) is 31.9 Å². The number of hydrogen-bond donors (Lipinski definition) is 1. The predicted molar refractivity (Wildman–Crippen MR) is 101 cm³/mol. The maximum atomic E-state index is 12.8. The normalized spacial score (nSPS) is 11.3. The Morgan fingerprint density at radius 2 is 2.08 bits per heavy atom. The molecule has 0 saturated heterocycles. The quantitative estimate of drug-likeness (QED) is 0.533. The first kappa shape index (κ1) is 16.8. The van der Waals surface area contributed by atoms with Gasteiger partial charge in [-0.1, -0.05) is 54.9 Å². The van der Waals surface area contributed by atoms with Gasteiger partial charge < -0.3 is 4.98 Å². The topological polar surface area (TPSA) is 50.7 Å². The van der Waals surface area contributed by atoms with Crippen LogP contribution >= 0.6 is 11.8 Å². The molecule has 4 nitrogen and oxygen atoms in total. The molecular weight excluding hydrogens is 318 g/mol. The van der Waals surface area contributed by atoms with E-state index in [4.69, 9.17) is 4.98 Å². The summed E-state index contributed by atoms with van der Waals surface area (Å²) in [5, 5.41) is 0.807. The summed E-state index contributed by atoms with van der Waals surface area (Å²) < 4.78 is 1.82. The molecule has 0 radical (unpaired) electrons. The Bertz CT molecular complexity index is 911. The standard InChI is InChI=1S/C19H23N3OS/c1-4-5-9-22-18(23)17-16(11-14(3)20-17)21-19(22)24-12-15-8-6-7-13(2)10-15/h6-8,10-11,20H,4-5,9,12H2,1-3H3. The first-order valence-electron chi connectivity index (χ1n) is 8.37. The average molecular weight is 341 g/mol. The number of hydrogen-bond acceptors (Lipinski definition) is 3. The molecule has 0 atom stereocenters. The molecule has 24 heavy (non-hydrogen) atoms. The van der Waals surface area contributed by atoms with Gasteiger partial charge >= 0.3 is 0 Å². The number of rotatable bonds is 6. The molecule has 3 aromatic rings. The fourth-order valence-corrected chi connectivity index (χ4v) is 3.75. The van der Waals surface area contributed by atoms with Crippen LogP contribution in [0.2, 0.25) is 0 Å². The molecule has 0 unspecified atom stereocenters. The predicted octanol–water partition coefficient (Wildman–Crippen LogP) is 4.43. The number of unbranched alkanes of at least 4 members (excludes halogenated alkanes) is 1. The van der Waals surface area contributed by atoms with Crippen LogP contribution in [0.3, 0.4) is 0 Å². The van der Waals surface area contributed by atoms with Crippen LogP contribution in [0.4, 0.5) is 0 Å². The highest BCUT2D eigenvalue weighted by Crippen LogP contribution is 2.23. The molecule has 1 N–H and O–H groups in total. The molecule has 2 heterocycles. The van der Waals surface area contributed by atoms with E-state index in [0.29, 0.717) is 12.1 Å². The molecule has 0 spiro atoms. The van der Waals surface area contributed by atoms with Crippen molar-refractivity contribution in [3.63, 3.8) is 0 Å². The van der Waals surface area contributed by atoms with E-state index < -0.39 is 0 Å². The summed E-state index contributed by atoms with van der Waals surface area (Å²) in [6, 6.07) is 10.4. The Hall–Kier alpha value is -2.01. The second-order valence-electron chi connectivity index (χ2n) is 6.20. The molecule has 0 aliphatic rings. The molecule has 0 saturated carbocycles. The lowest BCUT2D eigenvalue weighted by molar-refractivity contribution is 0.557. The molecule has 0 aliphatic carbocycles. The van der Waals surface area contributed by atoms with Gasteiger partial charge in [0.25, 0.3) is 5.56 Å². The summed E-state index contributed by atoms with van der Waals surface area (Å²) in [5.74, 6) is 0.815. The van der Waals surface area contributed by atoms with Gasteiger partial charge in [0, 0.05) is 18.0 Å². The maximum absolute atomic E-state index is 12.8. The van der Waals surface area contributed by atoms with Crippen LogP contribution in [0.15, 0.2) is 40.3 Å². The van der Waals surface area contributed by atoms with Crippen LogP contribution in [0.25, 0.3) is 11.0 Å². The zero-order valence-corrected chi connectivity index (χ0v) is 15.2. The Morgan fingerprint density at radius 1 is 1.25 bits per heavy atom. The minimum Gasteiger partial charge on any atom is -0.353 e. The van der Waals surface area contributed by atoms with Crippen LogP contribution in [0.5, 0.6) is 0 Å². The van der Waals surface area contributed by atoms with Gasteiger partial charge in [0.2, 0.25) is 0 Å². The van der Waals surface area contributed by atoms with Gasteiger partial charge in [0.1, 0.15) is 5.52 Å². The van der Waals surface area contributed by atoms with Crippen LogP contribution in [0, 0.1) is 13.8 Å². The second kappa shape index (κ2) is 7.26. The lowest BCUT2D eigenvalue weighted by Crippen LogP contribution is -2.23. The van der Waals surface area contributed by atoms with E-state index >= 15 is 0 Å². The number of aromatic amines is 1. The van der Waals surface area contributed by atoms with Crippen LogP contribution < -0.4 is 5.56 Å². The lowest BCUT2D eigenvalue weighted by atomic mass is 10.2. The zero-order chi connectivity index (χ0) is 17.1. The number of fused-ring (bicyclic) bond motifs is 1. The van der Waals surface area contributed by atoms with Crippen molar-refractivity contribution in [3.05, 3.63) is 57.5 Å². The van der Waals surface area contributed by atoms with Crippen molar-refractivity contribution in [2.24, 2.45) is 0 Å². The number of aromatic nitrogens is 3. The smallest absolute Gasteiger partial charge is 0.278 e. The van der Waals surface area contributed by atoms with Crippen molar-refractivity contribution in [1.82, 2.24) is 14.5 Å². The third kappa shape index (κ3) is 3.56. The van der Waals surface area contributed by atoms with Gasteiger partial charge in [-0.2, -0.15) is 0 Å². The van der Waals surface area contributed by atoms with E-state index in [1.54, 1.807) is 11.8 Å². The van der Waals surface area contributed by atoms with E-state index in [0.717, 1.165) is 35.0 Å². The number of thioether (sulfide) groups is 1. The minimum atomic E-state index is 0.0355. The number of nitrogens with zero attached hydrogens (tertiary/aromatic N) is 2. The first-order chi connectivity index (χ1) is 11.6. The fraction of sp³-hybridized carbons (Fsp3) is 0.368. The Balaban J connectivity index is 1.96. The van der Waals surface area contributed by atoms with Gasteiger partial charge in [-0.15, -0.1) is 0 Å². The molecule has 0 aliphatic heterocycles. The van der Waals surface area contributed by atoms with E-state index in [2.05, 4.69) is 43.1 Å². The molecule has 0 bridgehead atoms. The van der Waals surface area contributed by atoms with Gasteiger partial charge in [0.05, 0.1) is 5.52 Å². The Labute approximate surface area is 146 Å². The van der Waals surface area contributed by atoms with Gasteiger partial charge in [-0.3, -0.25) is 9.36 Å². The van der Waals surface area contributed by atoms with Crippen molar-refractivity contribution >= 4 is 22.8 Å². The van der Waals surface area contributed by atoms with Crippen LogP contribution in [0.1, 0.15) is 36.6 Å². The zero-order valence-electron chi connectivity index (χ0n) is 14.4. The molecule has 2 aromatic heterocycles. The van der Waals surface area contributed by atoms with Crippen LogP contribution in [-0.2, 0) is 12.3 Å². The summed E-state index contributed by atoms with van der Waals surface area (Å²) in [5.41, 5.74) is 4.88. The lowest BCUT2D eigenvalue weighted by Gasteiger charge is -2.11. The first-order valence-corrected chi connectivity index (χ1v) is 9.35. The van der Waals surface area contributed by atoms with Crippen molar-refractivity contribution < 1.29 is 0 Å². The third-order valence-electron chi connectivity index (χ3n) is 4.02. The Morgan fingerprint density at radius 3 is 2.83 bits per heavy atom. The Kier molecular flexibility index (Phi) is 5.09. The SMILES string of the molecule is CCCCn1c(SCc2cccc(C)c2)nc2cc(C)[nH]c2c1=O. The molecule has 1 aromatic carbocycles. The number of H-pyrrole nitrogens is 1. The van der Waals surface area contributed by atoms with Crippen molar-refractivity contribution in [1.29, 1.82) is 0 Å². The van der Waals surface area contributed by atoms with Gasteiger partial charge in [-0.25, -0.2) is 4.98 Å². The summed E-state index contributed by atoms with van der Waals surface area (Å²) in [4.78, 5) is 20.7. The summed E-state index contributed by atoms with van der Waals surface area (Å²) >= 11 is 1.64. The van der Waals surface area contributed by atoms with Gasteiger partial charge in [0.15, 0.2) is 5.16 Å². The molecular formula is C19H23N3OS. The van der Waals surface area contributed by atoms with Crippen LogP contribution in [-0.4, -0.2) is 14.5 Å². The molecule has 5 heteroatoms. The molecule has 3 rings (SSSR count). The highest BCUT2D eigenvalue weighted by atomic mass is 32.2. The highest BCUT2D eigenvalue weighted by Gasteiger charge is 2.13. The molecule has 126 valence electrons. The highest BCUT2D eigenvalue weighted by molar-refractivity contribution is 7.98. The largest absolute Gasteiger partial charge is 0.353 e. The van der Waals surface area contributed by atoms with Crippen molar-refractivity contribution in [2.75, 3.05) is 0 Å². The number of benzene rings is 1. The fourth-order valence-electron chi connectivity index (χ4n) is 2.78. The van der Waals surface area contributed by atoms with E-state index in [1.165, 1.54) is 11.1 Å². The molecule has 0 amide bonds. The maximum Gasteiger partial charge on any atom is 0.278 e. The number of aryl methyl sites for hydroxylation is 2. The second-order valence-corrected chi connectivity index (χ2v) is 7.14. The summed E-state index contributed by atoms with van der Waals surface area (Å²) in [6.07, 6.45) is 2.03. The summed E-state index contributed by atoms with van der Waals surface area (Å²) in [6.45, 7) is 6.90. The average Bonchev–Trinajstić information content (AvgIpc) is 2.93.